The molecule has 0 saturated carbocycles. The van der Waals surface area contributed by atoms with Crippen LogP contribution in [0.4, 0.5) is 0 Å². The Kier molecular flexibility index (Phi) is 5.03. The van der Waals surface area contributed by atoms with Crippen LogP contribution in [-0.4, -0.2) is 14.5 Å². The van der Waals surface area contributed by atoms with Crippen LogP contribution in [-0.2, 0) is 5.41 Å². The van der Waals surface area contributed by atoms with Gasteiger partial charge in [0.2, 0.25) is 5.95 Å². The summed E-state index contributed by atoms with van der Waals surface area (Å²) in [6.07, 6.45) is 0. The largest absolute Gasteiger partial charge is 0.456 e. The molecule has 1 aliphatic carbocycles. The quantitative estimate of drug-likeness (QED) is 0.190. The van der Waals surface area contributed by atoms with E-state index in [1.807, 2.05) is 6.07 Å². The van der Waals surface area contributed by atoms with Gasteiger partial charge in [-0.25, -0.2) is 9.97 Å². The molecule has 0 aliphatic heterocycles. The van der Waals surface area contributed by atoms with Crippen molar-refractivity contribution >= 4 is 75.4 Å². The number of benzene rings is 6. The summed E-state index contributed by atoms with van der Waals surface area (Å²) in [4.78, 5) is 10.9. The molecular formula is C43H27N3OS. The first-order valence-corrected chi connectivity index (χ1v) is 17.2. The molecule has 0 N–H and O–H groups in total. The van der Waals surface area contributed by atoms with Crippen LogP contribution in [0.15, 0.2) is 132 Å². The summed E-state index contributed by atoms with van der Waals surface area (Å²) < 4.78 is 11.1. The zero-order valence-corrected chi connectivity index (χ0v) is 27.1. The summed E-state index contributed by atoms with van der Waals surface area (Å²) in [5.74, 6) is 0.663. The van der Waals surface area contributed by atoms with Crippen LogP contribution in [0.2, 0.25) is 0 Å². The summed E-state index contributed by atoms with van der Waals surface area (Å²) in [6, 6.07) is 45.4. The first-order chi connectivity index (χ1) is 23.6. The molecule has 0 unspecified atom stereocenters. The number of nitrogens with zero attached hydrogens (tertiary/aromatic N) is 3. The topological polar surface area (TPSA) is 43.9 Å². The van der Waals surface area contributed by atoms with E-state index in [1.165, 1.54) is 32.3 Å². The van der Waals surface area contributed by atoms with Crippen molar-refractivity contribution in [3.63, 3.8) is 0 Å². The predicted octanol–water partition coefficient (Wildman–Crippen LogP) is 11.8. The molecule has 0 saturated heterocycles. The molecule has 10 aromatic rings. The summed E-state index contributed by atoms with van der Waals surface area (Å²) in [5.41, 5.74) is 12.0. The molecule has 226 valence electrons. The molecule has 48 heavy (non-hydrogen) atoms. The molecule has 5 heteroatoms. The van der Waals surface area contributed by atoms with Crippen molar-refractivity contribution in [2.75, 3.05) is 0 Å². The summed E-state index contributed by atoms with van der Waals surface area (Å²) in [7, 11) is 0. The van der Waals surface area contributed by atoms with Crippen LogP contribution in [0.5, 0.6) is 0 Å². The van der Waals surface area contributed by atoms with Crippen LogP contribution in [0.3, 0.4) is 0 Å². The van der Waals surface area contributed by atoms with E-state index < -0.39 is 0 Å². The maximum atomic E-state index is 6.46. The van der Waals surface area contributed by atoms with E-state index in [1.54, 1.807) is 11.3 Å². The third-order valence-electron chi connectivity index (χ3n) is 10.4. The fraction of sp³-hybridized carbons (Fsp3) is 0.0698. The first-order valence-electron chi connectivity index (χ1n) is 16.3. The second-order valence-electron chi connectivity index (χ2n) is 13.4. The number of rotatable bonds is 2. The van der Waals surface area contributed by atoms with Crippen molar-refractivity contribution in [1.82, 2.24) is 14.5 Å². The smallest absolute Gasteiger partial charge is 0.235 e. The average Bonchev–Trinajstić information content (AvgIpc) is 3.84. The molecule has 0 radical (unpaired) electrons. The Morgan fingerprint density at radius 2 is 1.40 bits per heavy atom. The number of aromatic nitrogens is 3. The highest BCUT2D eigenvalue weighted by Gasteiger charge is 2.36. The van der Waals surface area contributed by atoms with Gasteiger partial charge in [0, 0.05) is 37.2 Å². The molecule has 6 aromatic carbocycles. The van der Waals surface area contributed by atoms with Gasteiger partial charge >= 0.3 is 0 Å². The molecule has 1 aliphatic rings. The molecule has 11 rings (SSSR count). The van der Waals surface area contributed by atoms with E-state index in [0.29, 0.717) is 5.95 Å². The summed E-state index contributed by atoms with van der Waals surface area (Å²) in [6.45, 7) is 4.68. The number of hydrogen-bond acceptors (Lipinski definition) is 4. The van der Waals surface area contributed by atoms with Crippen LogP contribution in [0, 0.1) is 0 Å². The number of hydrogen-bond donors (Lipinski definition) is 0. The van der Waals surface area contributed by atoms with Crippen molar-refractivity contribution < 1.29 is 4.42 Å². The highest BCUT2D eigenvalue weighted by atomic mass is 32.1. The third kappa shape index (κ3) is 3.33. The Balaban J connectivity index is 1.36. The minimum Gasteiger partial charge on any atom is -0.456 e. The number of furan rings is 1. The molecule has 4 aromatic heterocycles. The van der Waals surface area contributed by atoms with Crippen molar-refractivity contribution in [3.8, 4) is 28.3 Å². The molecular weight excluding hydrogens is 607 g/mol. The van der Waals surface area contributed by atoms with Crippen molar-refractivity contribution in [3.05, 3.63) is 139 Å². The number of fused-ring (bicyclic) bond motifs is 13. The fourth-order valence-electron chi connectivity index (χ4n) is 8.18. The van der Waals surface area contributed by atoms with E-state index in [4.69, 9.17) is 14.4 Å². The van der Waals surface area contributed by atoms with Gasteiger partial charge in [0.1, 0.15) is 11.2 Å². The van der Waals surface area contributed by atoms with Gasteiger partial charge < -0.3 is 4.42 Å². The molecule has 4 nitrogen and oxygen atoms in total. The summed E-state index contributed by atoms with van der Waals surface area (Å²) >= 11 is 1.76. The maximum absolute atomic E-state index is 6.46. The van der Waals surface area contributed by atoms with Gasteiger partial charge in [-0.05, 0) is 58.7 Å². The van der Waals surface area contributed by atoms with Gasteiger partial charge in [-0.3, -0.25) is 4.57 Å². The number of para-hydroxylation sites is 1. The van der Waals surface area contributed by atoms with Gasteiger partial charge in [0.05, 0.1) is 32.3 Å². The SMILES string of the molecule is CC1(C)c2ccccc2-c2cc3c4ccc5oc6ccccc6c5c4n(-c4nc(-c5ccccc5)c5sc6ccccc6c5n4)c3cc21. The minimum atomic E-state index is -0.150. The van der Waals surface area contributed by atoms with Crippen LogP contribution < -0.4 is 0 Å². The van der Waals surface area contributed by atoms with E-state index in [2.05, 4.69) is 140 Å². The van der Waals surface area contributed by atoms with Crippen molar-refractivity contribution in [2.45, 2.75) is 19.3 Å². The number of thiophene rings is 1. The Labute approximate surface area is 279 Å². The van der Waals surface area contributed by atoms with E-state index in [9.17, 15) is 0 Å². The fourth-order valence-corrected chi connectivity index (χ4v) is 9.34. The minimum absolute atomic E-state index is 0.150. The lowest BCUT2D eigenvalue weighted by Crippen LogP contribution is -2.15. The second kappa shape index (κ2) is 9.18. The second-order valence-corrected chi connectivity index (χ2v) is 14.4. The molecule has 0 spiro atoms. The Hall–Kier alpha value is -5.78. The van der Waals surface area contributed by atoms with Crippen molar-refractivity contribution in [1.29, 1.82) is 0 Å². The van der Waals surface area contributed by atoms with Gasteiger partial charge in [-0.15, -0.1) is 11.3 Å². The standard InChI is InChI=1S/C43H27N3OS/c1-43(2)31-17-9-6-14-25(31)29-22-30-26-20-21-35-37(27-15-7-10-18-34(27)47-35)40(26)46(33(30)23-32(29)43)42-44-38(24-12-4-3-5-13-24)41-39(45-42)28-16-8-11-19-36(28)48-41/h3-23H,1-2H3. The normalized spacial score (nSPS) is 13.8. The van der Waals surface area contributed by atoms with Crippen LogP contribution in [0.25, 0.3) is 92.4 Å². The Bertz CT molecular complexity index is 2980. The summed E-state index contributed by atoms with van der Waals surface area (Å²) in [5, 5.41) is 5.66. The van der Waals surface area contributed by atoms with Gasteiger partial charge in [-0.2, -0.15) is 0 Å². The highest BCUT2D eigenvalue weighted by Crippen LogP contribution is 2.52. The van der Waals surface area contributed by atoms with E-state index >= 15 is 0 Å². The monoisotopic (exact) mass is 633 g/mol. The average molecular weight is 634 g/mol. The van der Waals surface area contributed by atoms with Crippen LogP contribution in [0.1, 0.15) is 25.0 Å². The zero-order valence-electron chi connectivity index (χ0n) is 26.3. The Morgan fingerprint density at radius 3 is 2.29 bits per heavy atom. The molecule has 4 heterocycles. The molecule has 0 bridgehead atoms. The third-order valence-corrected chi connectivity index (χ3v) is 11.6. The first kappa shape index (κ1) is 26.3. The lowest BCUT2D eigenvalue weighted by Gasteiger charge is -2.21. The predicted molar refractivity (Wildman–Crippen MR) is 200 cm³/mol. The van der Waals surface area contributed by atoms with Gasteiger partial charge in [0.25, 0.3) is 0 Å². The van der Waals surface area contributed by atoms with Crippen LogP contribution >= 0.6 is 11.3 Å². The maximum Gasteiger partial charge on any atom is 0.235 e. The van der Waals surface area contributed by atoms with Crippen molar-refractivity contribution in [2.24, 2.45) is 0 Å². The Morgan fingerprint density at radius 1 is 0.625 bits per heavy atom. The van der Waals surface area contributed by atoms with E-state index in [0.717, 1.165) is 65.2 Å². The van der Waals surface area contributed by atoms with E-state index in [-0.39, 0.29) is 5.41 Å². The molecule has 0 atom stereocenters. The highest BCUT2D eigenvalue weighted by molar-refractivity contribution is 7.26. The lowest BCUT2D eigenvalue weighted by atomic mass is 9.82. The van der Waals surface area contributed by atoms with Gasteiger partial charge in [-0.1, -0.05) is 105 Å². The zero-order chi connectivity index (χ0) is 31.7. The molecule has 0 fully saturated rings. The van der Waals surface area contributed by atoms with Gasteiger partial charge in [0.15, 0.2) is 0 Å². The molecule has 0 amide bonds. The lowest BCUT2D eigenvalue weighted by molar-refractivity contribution is 0.661.